The second-order valence-electron chi connectivity index (χ2n) is 5.34. The molecule has 0 heterocycles. The maximum absolute atomic E-state index is 11.7. The van der Waals surface area contributed by atoms with Gasteiger partial charge in [-0.1, -0.05) is 13.8 Å². The van der Waals surface area contributed by atoms with E-state index in [2.05, 4.69) is 10.6 Å². The third-order valence-electron chi connectivity index (χ3n) is 2.79. The van der Waals surface area contributed by atoms with Crippen molar-refractivity contribution in [2.75, 3.05) is 17.2 Å². The highest BCUT2D eigenvalue weighted by molar-refractivity contribution is 5.91. The number of hydrogen-bond donors (Lipinski definition) is 2. The van der Waals surface area contributed by atoms with Crippen LogP contribution in [0.1, 0.15) is 34.1 Å². The van der Waals surface area contributed by atoms with E-state index in [9.17, 15) is 9.59 Å². The van der Waals surface area contributed by atoms with E-state index < -0.39 is 6.04 Å². The van der Waals surface area contributed by atoms with Crippen LogP contribution in [0.25, 0.3) is 0 Å². The highest BCUT2D eigenvalue weighted by atomic mass is 16.5. The van der Waals surface area contributed by atoms with E-state index in [4.69, 9.17) is 4.74 Å². The molecule has 5 heteroatoms. The number of anilines is 2. The third-order valence-corrected chi connectivity index (χ3v) is 2.79. The summed E-state index contributed by atoms with van der Waals surface area (Å²) in [5, 5.41) is 5.89. The Morgan fingerprint density at radius 1 is 1.10 bits per heavy atom. The molecule has 21 heavy (non-hydrogen) atoms. The number of hydrogen-bond acceptors (Lipinski definition) is 4. The molecule has 0 aliphatic heterocycles. The summed E-state index contributed by atoms with van der Waals surface area (Å²) >= 11 is 0. The lowest BCUT2D eigenvalue weighted by molar-refractivity contribution is -0.143. The molecule has 0 spiro atoms. The van der Waals surface area contributed by atoms with E-state index in [0.29, 0.717) is 18.9 Å². The fourth-order valence-electron chi connectivity index (χ4n) is 1.81. The average Bonchev–Trinajstić information content (AvgIpc) is 2.40. The lowest BCUT2D eigenvalue weighted by Gasteiger charge is -2.14. The molecule has 1 amide bonds. The zero-order chi connectivity index (χ0) is 15.8. The normalized spacial score (nSPS) is 11.9. The summed E-state index contributed by atoms with van der Waals surface area (Å²) in [6, 6.07) is 6.84. The third kappa shape index (κ3) is 6.29. The Morgan fingerprint density at radius 3 is 2.19 bits per heavy atom. The van der Waals surface area contributed by atoms with Gasteiger partial charge in [0.2, 0.25) is 5.91 Å². The van der Waals surface area contributed by atoms with Crippen molar-refractivity contribution >= 4 is 23.3 Å². The van der Waals surface area contributed by atoms with Crippen LogP contribution in [0, 0.1) is 5.92 Å². The minimum Gasteiger partial charge on any atom is -0.464 e. The van der Waals surface area contributed by atoms with Crippen LogP contribution in [0.5, 0.6) is 0 Å². The van der Waals surface area contributed by atoms with Crippen LogP contribution in [0.2, 0.25) is 0 Å². The summed E-state index contributed by atoms with van der Waals surface area (Å²) in [4.78, 5) is 23.2. The van der Waals surface area contributed by atoms with E-state index in [1.807, 2.05) is 26.0 Å². The van der Waals surface area contributed by atoms with Crippen molar-refractivity contribution in [3.8, 4) is 0 Å². The Labute approximate surface area is 126 Å². The average molecular weight is 292 g/mol. The van der Waals surface area contributed by atoms with Gasteiger partial charge in [0.25, 0.3) is 0 Å². The number of amides is 1. The first kappa shape index (κ1) is 17.0. The predicted octanol–water partition coefficient (Wildman–Crippen LogP) is 3.03. The van der Waals surface area contributed by atoms with Crippen molar-refractivity contribution in [1.82, 2.24) is 0 Å². The highest BCUT2D eigenvalue weighted by Gasteiger charge is 2.13. The minimum absolute atomic E-state index is 0.00519. The molecule has 116 valence electrons. The number of carbonyl (C=O) groups is 2. The van der Waals surface area contributed by atoms with E-state index in [-0.39, 0.29) is 11.9 Å². The second-order valence-corrected chi connectivity index (χ2v) is 5.34. The number of ether oxygens (including phenoxy) is 1. The summed E-state index contributed by atoms with van der Waals surface area (Å²) in [7, 11) is 0. The molecule has 1 rings (SSSR count). The Balaban J connectivity index is 2.54. The lowest BCUT2D eigenvalue weighted by atomic mass is 10.1. The fraction of sp³-hybridized carbons (Fsp3) is 0.500. The van der Waals surface area contributed by atoms with Gasteiger partial charge in [0.05, 0.1) is 6.61 Å². The van der Waals surface area contributed by atoms with Gasteiger partial charge in [0.1, 0.15) is 6.04 Å². The van der Waals surface area contributed by atoms with Crippen LogP contribution in [-0.4, -0.2) is 24.5 Å². The Hall–Kier alpha value is -2.04. The number of esters is 1. The summed E-state index contributed by atoms with van der Waals surface area (Å²) < 4.78 is 4.93. The maximum atomic E-state index is 11.7. The molecule has 0 aromatic heterocycles. The molecule has 0 radical (unpaired) electrons. The molecule has 0 saturated heterocycles. The number of nitrogens with one attached hydrogen (secondary N) is 2. The van der Waals surface area contributed by atoms with Gasteiger partial charge in [-0.2, -0.15) is 0 Å². The van der Waals surface area contributed by atoms with Crippen molar-refractivity contribution in [3.05, 3.63) is 24.3 Å². The predicted molar refractivity (Wildman–Crippen MR) is 84.2 cm³/mol. The van der Waals surface area contributed by atoms with Gasteiger partial charge in [-0.25, -0.2) is 4.79 Å². The van der Waals surface area contributed by atoms with Crippen LogP contribution in [0.15, 0.2) is 24.3 Å². The first-order valence-electron chi connectivity index (χ1n) is 7.25. The van der Waals surface area contributed by atoms with E-state index in [0.717, 1.165) is 11.4 Å². The number of rotatable bonds is 7. The zero-order valence-corrected chi connectivity index (χ0v) is 13.1. The Morgan fingerprint density at radius 2 is 1.67 bits per heavy atom. The Bertz CT molecular complexity index is 469. The maximum Gasteiger partial charge on any atom is 0.328 e. The smallest absolute Gasteiger partial charge is 0.328 e. The van der Waals surface area contributed by atoms with Crippen molar-refractivity contribution in [3.63, 3.8) is 0 Å². The van der Waals surface area contributed by atoms with Gasteiger partial charge >= 0.3 is 5.97 Å². The number of carbonyl (C=O) groups excluding carboxylic acids is 2. The van der Waals surface area contributed by atoms with E-state index in [1.165, 1.54) is 0 Å². The molecule has 1 aromatic rings. The zero-order valence-electron chi connectivity index (χ0n) is 13.1. The largest absolute Gasteiger partial charge is 0.464 e. The molecule has 1 aromatic carbocycles. The van der Waals surface area contributed by atoms with Crippen molar-refractivity contribution in [2.45, 2.75) is 40.2 Å². The molecule has 0 unspecified atom stereocenters. The second kappa shape index (κ2) is 8.29. The molecule has 1 atom stereocenters. The van der Waals surface area contributed by atoms with Gasteiger partial charge in [-0.05, 0) is 44.0 Å². The monoisotopic (exact) mass is 292 g/mol. The molecule has 2 N–H and O–H groups in total. The van der Waals surface area contributed by atoms with Crippen LogP contribution >= 0.6 is 0 Å². The topological polar surface area (TPSA) is 67.4 Å². The summed E-state index contributed by atoms with van der Waals surface area (Å²) in [5.74, 6) is 0.0498. The van der Waals surface area contributed by atoms with Gasteiger partial charge in [-0.3, -0.25) is 4.79 Å². The molecular weight excluding hydrogens is 268 g/mol. The van der Waals surface area contributed by atoms with Crippen LogP contribution in [-0.2, 0) is 14.3 Å². The van der Waals surface area contributed by atoms with Gasteiger partial charge in [-0.15, -0.1) is 0 Å². The molecule has 0 fully saturated rings. The van der Waals surface area contributed by atoms with Crippen LogP contribution < -0.4 is 10.6 Å². The fourth-order valence-corrected chi connectivity index (χ4v) is 1.81. The first-order chi connectivity index (χ1) is 9.92. The van der Waals surface area contributed by atoms with E-state index in [1.54, 1.807) is 26.0 Å². The minimum atomic E-state index is -0.411. The van der Waals surface area contributed by atoms with Crippen molar-refractivity contribution in [2.24, 2.45) is 5.92 Å². The van der Waals surface area contributed by atoms with Gasteiger partial charge in [0.15, 0.2) is 0 Å². The summed E-state index contributed by atoms with van der Waals surface area (Å²) in [5.41, 5.74) is 1.55. The van der Waals surface area contributed by atoms with Crippen molar-refractivity contribution < 1.29 is 14.3 Å². The van der Waals surface area contributed by atoms with E-state index >= 15 is 0 Å². The molecule has 0 bridgehead atoms. The first-order valence-corrected chi connectivity index (χ1v) is 7.25. The van der Waals surface area contributed by atoms with Crippen LogP contribution in [0.3, 0.4) is 0 Å². The summed E-state index contributed by atoms with van der Waals surface area (Å²) in [6.45, 7) is 7.90. The SMILES string of the molecule is CCOC(=O)[C@@H](C)Nc1ccc(NC(=O)CC(C)C)cc1. The molecule has 5 nitrogen and oxygen atoms in total. The molecule has 0 aliphatic rings. The molecule has 0 aliphatic carbocycles. The Kier molecular flexibility index (Phi) is 6.72. The number of benzene rings is 1. The molecular formula is C16H24N2O3. The van der Waals surface area contributed by atoms with Gasteiger partial charge in [0, 0.05) is 17.8 Å². The molecule has 0 saturated carbocycles. The standard InChI is InChI=1S/C16H24N2O3/c1-5-21-16(20)12(4)17-13-6-8-14(9-7-13)18-15(19)10-11(2)3/h6-9,11-12,17H,5,10H2,1-4H3,(H,18,19)/t12-/m1/s1. The van der Waals surface area contributed by atoms with Crippen molar-refractivity contribution in [1.29, 1.82) is 0 Å². The summed E-state index contributed by atoms with van der Waals surface area (Å²) in [6.07, 6.45) is 0.500. The highest BCUT2D eigenvalue weighted by Crippen LogP contribution is 2.15. The van der Waals surface area contributed by atoms with Crippen LogP contribution in [0.4, 0.5) is 11.4 Å². The quantitative estimate of drug-likeness (QED) is 0.758. The van der Waals surface area contributed by atoms with Gasteiger partial charge < -0.3 is 15.4 Å². The lowest BCUT2D eigenvalue weighted by Crippen LogP contribution is -2.28.